The minimum Gasteiger partial charge on any atom is -0.327 e. The SMILES string of the molecule is Cc1ccc(-n2c(SCc3ccccc3)nnc2[C@@H](Cc2ccccc2)NC(=O)Nc2cccc(C#N)c2)cc1. The van der Waals surface area contributed by atoms with Gasteiger partial charge in [0.2, 0.25) is 0 Å². The van der Waals surface area contributed by atoms with Crippen LogP contribution in [-0.4, -0.2) is 20.8 Å². The van der Waals surface area contributed by atoms with Gasteiger partial charge in [0.15, 0.2) is 11.0 Å². The molecule has 0 saturated carbocycles. The van der Waals surface area contributed by atoms with Crippen molar-refractivity contribution in [3.63, 3.8) is 0 Å². The van der Waals surface area contributed by atoms with E-state index in [0.717, 1.165) is 27.7 Å². The molecule has 7 nitrogen and oxygen atoms in total. The average molecular weight is 545 g/mol. The number of rotatable bonds is 9. The molecule has 0 unspecified atom stereocenters. The van der Waals surface area contributed by atoms with Gasteiger partial charge in [-0.25, -0.2) is 4.79 Å². The first-order chi connectivity index (χ1) is 19.6. The standard InChI is InChI=1S/C32H28N6OS/c1-23-15-17-28(18-16-23)38-30(36-37-32(38)40-22-25-11-6-3-7-12-25)29(20-24-9-4-2-5-10-24)35-31(39)34-27-14-8-13-26(19-27)21-33/h2-19,29H,20,22H2,1H3,(H2,34,35,39)/t29-/m1/s1. The molecule has 0 spiro atoms. The molecule has 0 aliphatic rings. The number of carbonyl (C=O) groups excluding carboxylic acids is 1. The van der Waals surface area contributed by atoms with Crippen LogP contribution < -0.4 is 10.6 Å². The van der Waals surface area contributed by atoms with Gasteiger partial charge in [-0.3, -0.25) is 4.57 Å². The third-order valence-electron chi connectivity index (χ3n) is 6.31. The number of aryl methyl sites for hydroxylation is 1. The van der Waals surface area contributed by atoms with E-state index in [1.165, 1.54) is 5.56 Å². The maximum absolute atomic E-state index is 13.2. The monoisotopic (exact) mass is 544 g/mol. The molecule has 1 atom stereocenters. The zero-order valence-electron chi connectivity index (χ0n) is 22.0. The number of nitrogens with one attached hydrogen (secondary N) is 2. The van der Waals surface area contributed by atoms with E-state index < -0.39 is 12.1 Å². The first-order valence-electron chi connectivity index (χ1n) is 12.9. The highest BCUT2D eigenvalue weighted by molar-refractivity contribution is 7.98. The normalized spacial score (nSPS) is 11.4. The fourth-order valence-corrected chi connectivity index (χ4v) is 5.22. The summed E-state index contributed by atoms with van der Waals surface area (Å²) in [6.07, 6.45) is 0.514. The Bertz CT molecular complexity index is 1610. The van der Waals surface area contributed by atoms with Gasteiger partial charge in [-0.15, -0.1) is 10.2 Å². The molecule has 2 amide bonds. The molecule has 198 valence electrons. The van der Waals surface area contributed by atoms with Gasteiger partial charge in [0, 0.05) is 23.5 Å². The van der Waals surface area contributed by atoms with Gasteiger partial charge in [-0.2, -0.15) is 5.26 Å². The summed E-state index contributed by atoms with van der Waals surface area (Å²) in [5, 5.41) is 25.1. The summed E-state index contributed by atoms with van der Waals surface area (Å²) in [5.74, 6) is 1.36. The molecule has 5 rings (SSSR count). The molecular weight excluding hydrogens is 516 g/mol. The van der Waals surface area contributed by atoms with Crippen LogP contribution in [0.4, 0.5) is 10.5 Å². The van der Waals surface area contributed by atoms with Crippen LogP contribution in [0.3, 0.4) is 0 Å². The lowest BCUT2D eigenvalue weighted by molar-refractivity contribution is 0.247. The third kappa shape index (κ3) is 6.76. The zero-order valence-corrected chi connectivity index (χ0v) is 22.8. The van der Waals surface area contributed by atoms with Gasteiger partial charge in [0.25, 0.3) is 0 Å². The van der Waals surface area contributed by atoms with Crippen LogP contribution in [0, 0.1) is 18.3 Å². The number of hydrogen-bond acceptors (Lipinski definition) is 5. The van der Waals surface area contributed by atoms with Crippen molar-refractivity contribution >= 4 is 23.5 Å². The topological polar surface area (TPSA) is 95.6 Å². The maximum Gasteiger partial charge on any atom is 0.319 e. The summed E-state index contributed by atoms with van der Waals surface area (Å²) in [7, 11) is 0. The first-order valence-corrected chi connectivity index (χ1v) is 13.9. The molecule has 5 aromatic rings. The van der Waals surface area contributed by atoms with E-state index in [4.69, 9.17) is 0 Å². The van der Waals surface area contributed by atoms with Crippen molar-refractivity contribution in [2.24, 2.45) is 0 Å². The maximum atomic E-state index is 13.2. The largest absolute Gasteiger partial charge is 0.327 e. The second-order valence-electron chi connectivity index (χ2n) is 9.32. The number of amides is 2. The lowest BCUT2D eigenvalue weighted by atomic mass is 10.1. The highest BCUT2D eigenvalue weighted by atomic mass is 32.2. The van der Waals surface area contributed by atoms with Gasteiger partial charge in [-0.1, -0.05) is 96.2 Å². The molecule has 4 aromatic carbocycles. The van der Waals surface area contributed by atoms with E-state index in [1.807, 2.05) is 72.2 Å². The van der Waals surface area contributed by atoms with Crippen molar-refractivity contribution in [3.05, 3.63) is 137 Å². The van der Waals surface area contributed by atoms with Gasteiger partial charge < -0.3 is 10.6 Å². The molecule has 8 heteroatoms. The van der Waals surface area contributed by atoms with E-state index in [1.54, 1.807) is 36.0 Å². The Morgan fingerprint density at radius 1 is 0.900 bits per heavy atom. The van der Waals surface area contributed by atoms with E-state index in [9.17, 15) is 10.1 Å². The van der Waals surface area contributed by atoms with Crippen molar-refractivity contribution in [3.8, 4) is 11.8 Å². The number of urea groups is 1. The van der Waals surface area contributed by atoms with E-state index >= 15 is 0 Å². The number of thioether (sulfide) groups is 1. The van der Waals surface area contributed by atoms with E-state index in [2.05, 4.69) is 51.2 Å². The fourth-order valence-electron chi connectivity index (χ4n) is 4.31. The quantitative estimate of drug-likeness (QED) is 0.198. The molecule has 0 fully saturated rings. The van der Waals surface area contributed by atoms with Crippen molar-refractivity contribution in [2.75, 3.05) is 5.32 Å². The van der Waals surface area contributed by atoms with Crippen molar-refractivity contribution in [2.45, 2.75) is 30.3 Å². The van der Waals surface area contributed by atoms with Crippen LogP contribution in [0.15, 0.2) is 114 Å². The predicted molar refractivity (Wildman–Crippen MR) is 158 cm³/mol. The zero-order chi connectivity index (χ0) is 27.7. The summed E-state index contributed by atoms with van der Waals surface area (Å²) < 4.78 is 2.03. The summed E-state index contributed by atoms with van der Waals surface area (Å²) in [4.78, 5) is 13.2. The Morgan fingerprint density at radius 2 is 1.60 bits per heavy atom. The van der Waals surface area contributed by atoms with Gasteiger partial charge in [0.05, 0.1) is 17.7 Å². The van der Waals surface area contributed by atoms with Crippen molar-refractivity contribution in [1.29, 1.82) is 5.26 Å². The molecule has 0 radical (unpaired) electrons. The molecule has 0 aliphatic carbocycles. The summed E-state index contributed by atoms with van der Waals surface area (Å²) in [6, 6.07) is 36.4. The minimum absolute atomic E-state index is 0.395. The van der Waals surface area contributed by atoms with Crippen molar-refractivity contribution < 1.29 is 4.79 Å². The Labute approximate surface area is 237 Å². The molecule has 0 aliphatic heterocycles. The smallest absolute Gasteiger partial charge is 0.319 e. The summed E-state index contributed by atoms with van der Waals surface area (Å²) in [6.45, 7) is 2.05. The van der Waals surface area contributed by atoms with Crippen LogP contribution in [0.1, 0.15) is 34.1 Å². The van der Waals surface area contributed by atoms with Gasteiger partial charge >= 0.3 is 6.03 Å². The second-order valence-corrected chi connectivity index (χ2v) is 10.3. The van der Waals surface area contributed by atoms with Crippen molar-refractivity contribution in [1.82, 2.24) is 20.1 Å². The van der Waals surface area contributed by atoms with Crippen LogP contribution >= 0.6 is 11.8 Å². The lowest BCUT2D eigenvalue weighted by Crippen LogP contribution is -2.35. The minimum atomic E-state index is -0.485. The van der Waals surface area contributed by atoms with Crippen LogP contribution in [0.5, 0.6) is 0 Å². The Balaban J connectivity index is 1.49. The number of anilines is 1. The van der Waals surface area contributed by atoms with E-state index in [0.29, 0.717) is 23.5 Å². The number of hydrogen-bond donors (Lipinski definition) is 2. The predicted octanol–water partition coefficient (Wildman–Crippen LogP) is 6.85. The summed E-state index contributed by atoms with van der Waals surface area (Å²) >= 11 is 1.60. The highest BCUT2D eigenvalue weighted by Gasteiger charge is 2.25. The number of nitrogens with zero attached hydrogens (tertiary/aromatic N) is 4. The van der Waals surface area contributed by atoms with Crippen LogP contribution in [0.25, 0.3) is 5.69 Å². The number of aromatic nitrogens is 3. The molecule has 0 bridgehead atoms. The van der Waals surface area contributed by atoms with Crippen LogP contribution in [0.2, 0.25) is 0 Å². The highest BCUT2D eigenvalue weighted by Crippen LogP contribution is 2.29. The molecule has 0 saturated heterocycles. The lowest BCUT2D eigenvalue weighted by Gasteiger charge is -2.21. The molecule has 1 heterocycles. The molecule has 1 aromatic heterocycles. The Hall–Kier alpha value is -4.87. The number of benzene rings is 4. The number of nitriles is 1. The van der Waals surface area contributed by atoms with E-state index in [-0.39, 0.29) is 0 Å². The average Bonchev–Trinajstić information content (AvgIpc) is 3.41. The Kier molecular flexibility index (Phi) is 8.54. The molecule has 40 heavy (non-hydrogen) atoms. The fraction of sp³-hybridized carbons (Fsp3) is 0.125. The number of carbonyl (C=O) groups is 1. The van der Waals surface area contributed by atoms with Gasteiger partial charge in [-0.05, 0) is 48.4 Å². The molecular formula is C32H28N6OS. The molecule has 2 N–H and O–H groups in total. The van der Waals surface area contributed by atoms with Crippen LogP contribution in [-0.2, 0) is 12.2 Å². The second kappa shape index (κ2) is 12.8. The summed E-state index contributed by atoms with van der Waals surface area (Å²) in [5.41, 5.74) is 5.31. The van der Waals surface area contributed by atoms with Gasteiger partial charge in [0.1, 0.15) is 0 Å². The first kappa shape index (κ1) is 26.7. The third-order valence-corrected chi connectivity index (χ3v) is 7.31. The Morgan fingerprint density at radius 3 is 2.30 bits per heavy atom.